The van der Waals surface area contributed by atoms with Crippen LogP contribution < -0.4 is 10.6 Å². The lowest BCUT2D eigenvalue weighted by Crippen LogP contribution is -2.37. The molecule has 2 unspecified atom stereocenters. The average molecular weight is 857 g/mol. The Kier molecular flexibility index (Phi) is 14.2. The molecule has 2 saturated heterocycles. The fraction of sp³-hybridized carbons (Fsp3) is 0.292. The van der Waals surface area contributed by atoms with Crippen LogP contribution in [0.2, 0.25) is 0 Å². The summed E-state index contributed by atoms with van der Waals surface area (Å²) in [6.07, 6.45) is 5.83. The summed E-state index contributed by atoms with van der Waals surface area (Å²) in [4.78, 5) is 61.0. The summed E-state index contributed by atoms with van der Waals surface area (Å²) in [5.74, 6) is -1.38. The zero-order chi connectivity index (χ0) is 43.0. The molecule has 2 amide bonds. The second-order valence-corrected chi connectivity index (χ2v) is 16.0. The lowest BCUT2D eigenvalue weighted by Gasteiger charge is -2.28. The van der Waals surface area contributed by atoms with Crippen LogP contribution in [0.5, 0.6) is 0 Å². The summed E-state index contributed by atoms with van der Waals surface area (Å²) in [7, 11) is 3.79. The normalized spacial score (nSPS) is 17.0. The Morgan fingerprint density at radius 1 is 0.635 bits per heavy atom. The van der Waals surface area contributed by atoms with Gasteiger partial charge in [0.15, 0.2) is 12.5 Å². The lowest BCUT2D eigenvalue weighted by atomic mass is 10.0. The third-order valence-electron chi connectivity index (χ3n) is 11.3. The van der Waals surface area contributed by atoms with Gasteiger partial charge < -0.3 is 45.0 Å². The summed E-state index contributed by atoms with van der Waals surface area (Å²) >= 11 is 0. The molecule has 4 atom stereocenters. The number of amides is 2. The van der Waals surface area contributed by atoms with E-state index in [2.05, 4.69) is 32.7 Å². The SMILES string of the molecule is CN(Cc1ccccc1)[C@H](Cc1c[nH]c2ccc(CC3COC(=O)N3)cc12)OC(=O)/C=C\C(=O)O[C@@H](Cc1c[nH]c2ccc(CC3COC(=O)N3)cc12)N(C)Cc1ccccc1.O. The van der Waals surface area contributed by atoms with E-state index in [1.54, 1.807) is 0 Å². The van der Waals surface area contributed by atoms with E-state index in [1.165, 1.54) is 0 Å². The number of aromatic amines is 2. The molecule has 63 heavy (non-hydrogen) atoms. The Balaban J connectivity index is 0.00000595. The molecule has 0 aliphatic carbocycles. The highest BCUT2D eigenvalue weighted by molar-refractivity contribution is 5.92. The molecule has 6 N–H and O–H groups in total. The first-order chi connectivity index (χ1) is 30.1. The summed E-state index contributed by atoms with van der Waals surface area (Å²) in [5, 5.41) is 7.63. The third-order valence-corrected chi connectivity index (χ3v) is 11.3. The maximum atomic E-state index is 13.6. The molecule has 2 aromatic heterocycles. The van der Waals surface area contributed by atoms with Gasteiger partial charge in [0, 0.05) is 72.3 Å². The van der Waals surface area contributed by atoms with Crippen molar-refractivity contribution in [3.05, 3.63) is 155 Å². The molecule has 0 spiro atoms. The molecule has 6 aromatic rings. The standard InChI is InChI=1S/C48H50N6O8.H2O/c1-53(27-31-9-5-3-6-10-31)43(23-35-25-49-41-15-13-33(21-39(35)41)19-37-29-59-47(57)51-37)61-45(55)17-18-46(56)62-44(54(2)28-32-11-7-4-8-12-32)24-36-26-50-42-16-14-34(22-40(36)42)20-38-30-60-48(58)52-38;/h3-18,21-22,25-26,37-38,43-44,49-50H,19-20,23-24,27-30H2,1-2H3,(H,51,57)(H,52,58);1H2/b18-17-;/t37?,38?,43-,44-;/m0./s1. The quantitative estimate of drug-likeness (QED) is 0.0372. The molecule has 328 valence electrons. The van der Waals surface area contributed by atoms with Crippen LogP contribution in [0.1, 0.15) is 33.4 Å². The molecule has 15 nitrogen and oxygen atoms in total. The Morgan fingerprint density at radius 2 is 1.05 bits per heavy atom. The smallest absolute Gasteiger partial charge is 0.407 e. The number of cyclic esters (lactones) is 2. The minimum absolute atomic E-state index is 0. The summed E-state index contributed by atoms with van der Waals surface area (Å²) in [6.45, 7) is 1.65. The van der Waals surface area contributed by atoms with E-state index < -0.39 is 36.6 Å². The minimum atomic E-state index is -0.692. The highest BCUT2D eigenvalue weighted by Crippen LogP contribution is 2.26. The number of nitrogens with zero attached hydrogens (tertiary/aromatic N) is 2. The van der Waals surface area contributed by atoms with Gasteiger partial charge in [0.25, 0.3) is 0 Å². The molecular formula is C48H52N6O9. The van der Waals surface area contributed by atoms with E-state index in [9.17, 15) is 19.2 Å². The monoisotopic (exact) mass is 856 g/mol. The van der Waals surface area contributed by atoms with Gasteiger partial charge >= 0.3 is 24.1 Å². The fourth-order valence-corrected chi connectivity index (χ4v) is 8.06. The minimum Gasteiger partial charge on any atom is -0.447 e. The number of H-pyrrole nitrogens is 2. The third kappa shape index (κ3) is 11.5. The van der Waals surface area contributed by atoms with Crippen molar-refractivity contribution in [2.75, 3.05) is 27.3 Å². The van der Waals surface area contributed by atoms with E-state index in [1.807, 2.05) is 121 Å². The zero-order valence-corrected chi connectivity index (χ0v) is 35.2. The lowest BCUT2D eigenvalue weighted by molar-refractivity contribution is -0.155. The van der Waals surface area contributed by atoms with E-state index in [0.29, 0.717) is 52.0 Å². The van der Waals surface area contributed by atoms with Crippen LogP contribution in [0.3, 0.4) is 0 Å². The van der Waals surface area contributed by atoms with Crippen LogP contribution in [-0.4, -0.2) is 101 Å². The number of carbonyl (C=O) groups excluding carboxylic acids is 4. The molecule has 2 aliphatic heterocycles. The highest BCUT2D eigenvalue weighted by Gasteiger charge is 2.26. The summed E-state index contributed by atoms with van der Waals surface area (Å²) in [6, 6.07) is 31.8. The van der Waals surface area contributed by atoms with Gasteiger partial charge in [0.1, 0.15) is 13.2 Å². The van der Waals surface area contributed by atoms with E-state index in [-0.39, 0.29) is 17.6 Å². The van der Waals surface area contributed by atoms with Crippen molar-refractivity contribution in [2.24, 2.45) is 0 Å². The number of ether oxygens (including phenoxy) is 4. The molecule has 0 radical (unpaired) electrons. The molecule has 0 bridgehead atoms. The maximum absolute atomic E-state index is 13.6. The Hall–Kier alpha value is -6.94. The van der Waals surface area contributed by atoms with Gasteiger partial charge in [-0.05, 0) is 84.6 Å². The number of hydrogen-bond acceptors (Lipinski definition) is 10. The van der Waals surface area contributed by atoms with Gasteiger partial charge in [-0.25, -0.2) is 19.2 Å². The zero-order valence-electron chi connectivity index (χ0n) is 35.2. The number of benzene rings is 4. The number of aromatic nitrogens is 2. The van der Waals surface area contributed by atoms with Gasteiger partial charge in [-0.3, -0.25) is 9.80 Å². The Labute approximate surface area is 364 Å². The fourth-order valence-electron chi connectivity index (χ4n) is 8.06. The predicted molar refractivity (Wildman–Crippen MR) is 236 cm³/mol. The van der Waals surface area contributed by atoms with Gasteiger partial charge in [-0.15, -0.1) is 0 Å². The first-order valence-electron chi connectivity index (χ1n) is 20.7. The topological polar surface area (TPSA) is 199 Å². The number of alkyl carbamates (subject to hydrolysis) is 2. The van der Waals surface area contributed by atoms with Gasteiger partial charge in [0.05, 0.1) is 12.1 Å². The van der Waals surface area contributed by atoms with Gasteiger partial charge in [-0.2, -0.15) is 0 Å². The van der Waals surface area contributed by atoms with Crippen LogP contribution >= 0.6 is 0 Å². The van der Waals surface area contributed by atoms with Crippen LogP contribution in [-0.2, 0) is 67.3 Å². The van der Waals surface area contributed by atoms with Crippen molar-refractivity contribution in [1.82, 2.24) is 30.4 Å². The summed E-state index contributed by atoms with van der Waals surface area (Å²) < 4.78 is 22.4. The molecule has 2 fully saturated rings. The molecule has 2 aliphatic rings. The highest BCUT2D eigenvalue weighted by atomic mass is 16.6. The van der Waals surface area contributed by atoms with Gasteiger partial charge in [0.2, 0.25) is 0 Å². The Morgan fingerprint density at radius 3 is 1.43 bits per heavy atom. The molecule has 8 rings (SSSR count). The molecule has 15 heteroatoms. The second kappa shape index (κ2) is 20.3. The predicted octanol–water partition coefficient (Wildman–Crippen LogP) is 5.47. The number of nitrogens with one attached hydrogen (secondary N) is 4. The second-order valence-electron chi connectivity index (χ2n) is 16.0. The number of carbonyl (C=O) groups is 4. The first kappa shape index (κ1) is 44.1. The van der Waals surface area contributed by atoms with Crippen molar-refractivity contribution in [1.29, 1.82) is 0 Å². The molecule has 0 saturated carbocycles. The molecule has 4 heterocycles. The van der Waals surface area contributed by atoms with Crippen LogP contribution in [0, 0.1) is 0 Å². The van der Waals surface area contributed by atoms with E-state index >= 15 is 0 Å². The number of rotatable bonds is 18. The molecule has 4 aromatic carbocycles. The van der Waals surface area contributed by atoms with Crippen molar-refractivity contribution >= 4 is 45.9 Å². The van der Waals surface area contributed by atoms with Crippen molar-refractivity contribution in [3.63, 3.8) is 0 Å². The van der Waals surface area contributed by atoms with Crippen LogP contribution in [0.15, 0.2) is 122 Å². The first-order valence-corrected chi connectivity index (χ1v) is 20.7. The number of fused-ring (bicyclic) bond motifs is 2. The maximum Gasteiger partial charge on any atom is 0.407 e. The Bertz CT molecular complexity index is 2380. The number of likely N-dealkylation sites (N-methyl/N-ethyl adjacent to an activating group) is 2. The van der Waals surface area contributed by atoms with E-state index in [0.717, 1.165) is 67.3 Å². The van der Waals surface area contributed by atoms with E-state index in [4.69, 9.17) is 18.9 Å². The van der Waals surface area contributed by atoms with Crippen LogP contribution in [0.4, 0.5) is 9.59 Å². The van der Waals surface area contributed by atoms with Crippen molar-refractivity contribution < 1.29 is 43.6 Å². The van der Waals surface area contributed by atoms with Crippen molar-refractivity contribution in [2.45, 2.75) is 63.3 Å². The largest absolute Gasteiger partial charge is 0.447 e. The average Bonchev–Trinajstić information content (AvgIpc) is 4.08. The number of esters is 2. The number of hydrogen-bond donors (Lipinski definition) is 4. The molecular weight excluding hydrogens is 805 g/mol. The summed E-state index contributed by atoms with van der Waals surface area (Å²) in [5.41, 5.74) is 7.93. The van der Waals surface area contributed by atoms with Crippen LogP contribution in [0.25, 0.3) is 21.8 Å². The van der Waals surface area contributed by atoms with Gasteiger partial charge in [-0.1, -0.05) is 72.8 Å². The van der Waals surface area contributed by atoms with Crippen molar-refractivity contribution in [3.8, 4) is 0 Å².